The molecule has 1 aliphatic rings. The molecule has 1 aromatic carbocycles. The van der Waals surface area contributed by atoms with Crippen LogP contribution in [0.1, 0.15) is 54.2 Å². The number of nitrogens with zero attached hydrogens (tertiary/aromatic N) is 2. The van der Waals surface area contributed by atoms with Gasteiger partial charge >= 0.3 is 0 Å². The Morgan fingerprint density at radius 1 is 1.24 bits per heavy atom. The lowest BCUT2D eigenvalue weighted by molar-refractivity contribution is 0.0787. The van der Waals surface area contributed by atoms with E-state index in [0.717, 1.165) is 25.1 Å². The van der Waals surface area contributed by atoms with Crippen LogP contribution in [0, 0.1) is 0 Å². The zero-order valence-corrected chi connectivity index (χ0v) is 14.9. The molecule has 5 nitrogen and oxygen atoms in total. The van der Waals surface area contributed by atoms with Crippen molar-refractivity contribution in [3.63, 3.8) is 0 Å². The monoisotopic (exact) mass is 339 g/mol. The average molecular weight is 339 g/mol. The summed E-state index contributed by atoms with van der Waals surface area (Å²) in [5.41, 5.74) is 2.71. The molecule has 1 aliphatic carbocycles. The van der Waals surface area contributed by atoms with Crippen molar-refractivity contribution in [1.29, 1.82) is 0 Å². The van der Waals surface area contributed by atoms with Gasteiger partial charge in [0.1, 0.15) is 0 Å². The predicted octanol–water partition coefficient (Wildman–Crippen LogP) is 3.62. The number of nitrogens with one attached hydrogen (secondary N) is 1. The van der Waals surface area contributed by atoms with Gasteiger partial charge in [0.05, 0.1) is 17.4 Å². The fourth-order valence-corrected chi connectivity index (χ4v) is 3.08. The van der Waals surface area contributed by atoms with E-state index in [1.807, 2.05) is 32.0 Å². The molecule has 1 N–H and O–H groups in total. The number of carbonyl (C=O) groups excluding carboxylic acids is 1. The highest BCUT2D eigenvalue weighted by Crippen LogP contribution is 2.31. The number of fused-ring (bicyclic) bond motifs is 1. The van der Waals surface area contributed by atoms with E-state index in [1.165, 1.54) is 5.56 Å². The fraction of sp³-hybridized carbons (Fsp3) is 0.450. The quantitative estimate of drug-likeness (QED) is 0.781. The molecule has 25 heavy (non-hydrogen) atoms. The molecular formula is C20H25N3O2. The molecule has 3 rings (SSSR count). The Hall–Kier alpha value is -2.27. The van der Waals surface area contributed by atoms with Gasteiger partial charge < -0.3 is 10.1 Å². The number of carbonyl (C=O) groups is 1. The Labute approximate surface area is 148 Å². The first kappa shape index (κ1) is 17.5. The largest absolute Gasteiger partial charge is 0.379 e. The van der Waals surface area contributed by atoms with Gasteiger partial charge in [-0.25, -0.2) is 9.97 Å². The number of hydrogen-bond acceptors (Lipinski definition) is 5. The van der Waals surface area contributed by atoms with Crippen LogP contribution in [0.2, 0.25) is 0 Å². The van der Waals surface area contributed by atoms with Crippen molar-refractivity contribution in [2.24, 2.45) is 0 Å². The molecule has 0 amide bonds. The highest BCUT2D eigenvalue weighted by atomic mass is 16.5. The first-order valence-corrected chi connectivity index (χ1v) is 8.93. The molecule has 0 spiro atoms. The molecule has 0 fully saturated rings. The van der Waals surface area contributed by atoms with Crippen LogP contribution in [0.25, 0.3) is 0 Å². The zero-order valence-electron chi connectivity index (χ0n) is 14.9. The summed E-state index contributed by atoms with van der Waals surface area (Å²) >= 11 is 0. The van der Waals surface area contributed by atoms with E-state index in [2.05, 4.69) is 27.4 Å². The molecule has 1 aromatic heterocycles. The molecule has 0 aliphatic heterocycles. The van der Waals surface area contributed by atoms with Crippen LogP contribution in [0.3, 0.4) is 0 Å². The van der Waals surface area contributed by atoms with Crippen molar-refractivity contribution in [3.05, 3.63) is 53.3 Å². The zero-order chi connectivity index (χ0) is 17.6. The normalized spacial score (nSPS) is 16.8. The van der Waals surface area contributed by atoms with E-state index < -0.39 is 0 Å². The molecule has 1 atom stereocenters. The van der Waals surface area contributed by atoms with Gasteiger partial charge in [-0.15, -0.1) is 0 Å². The number of ether oxygens (including phenoxy) is 1. The Balaban J connectivity index is 1.64. The van der Waals surface area contributed by atoms with Gasteiger partial charge in [-0.3, -0.25) is 4.79 Å². The van der Waals surface area contributed by atoms with Gasteiger partial charge in [0.25, 0.3) is 0 Å². The lowest BCUT2D eigenvalue weighted by Crippen LogP contribution is -2.21. The Morgan fingerprint density at radius 3 is 2.80 bits per heavy atom. The molecule has 5 heteroatoms. The van der Waals surface area contributed by atoms with E-state index >= 15 is 0 Å². The molecule has 0 unspecified atom stereocenters. The summed E-state index contributed by atoms with van der Waals surface area (Å²) in [4.78, 5) is 21.3. The summed E-state index contributed by atoms with van der Waals surface area (Å²) in [6.07, 6.45) is 4.11. The lowest BCUT2D eigenvalue weighted by atomic mass is 9.82. The smallest absolute Gasteiger partial charge is 0.222 e. The Morgan fingerprint density at radius 2 is 2.04 bits per heavy atom. The van der Waals surface area contributed by atoms with Crippen molar-refractivity contribution in [1.82, 2.24) is 9.97 Å². The van der Waals surface area contributed by atoms with Crippen LogP contribution < -0.4 is 5.32 Å². The molecule has 132 valence electrons. The SMILES string of the molecule is CC(C)OCCCNc1ncc2c(n1)C[C@@H](c1ccccc1)CC2=O. The summed E-state index contributed by atoms with van der Waals surface area (Å²) in [5, 5.41) is 3.22. The van der Waals surface area contributed by atoms with Crippen LogP contribution in [-0.4, -0.2) is 35.0 Å². The summed E-state index contributed by atoms with van der Waals surface area (Å²) < 4.78 is 5.52. The summed E-state index contributed by atoms with van der Waals surface area (Å²) in [6, 6.07) is 10.2. The van der Waals surface area contributed by atoms with Gasteiger partial charge in [0, 0.05) is 25.8 Å². The highest BCUT2D eigenvalue weighted by Gasteiger charge is 2.27. The third kappa shape index (κ3) is 4.63. The topological polar surface area (TPSA) is 64.1 Å². The van der Waals surface area contributed by atoms with Gasteiger partial charge in [-0.05, 0) is 38.2 Å². The minimum absolute atomic E-state index is 0.131. The number of Topliss-reactive ketones (excluding diaryl/α,β-unsaturated/α-hetero) is 1. The van der Waals surface area contributed by atoms with E-state index in [4.69, 9.17) is 4.74 Å². The van der Waals surface area contributed by atoms with E-state index in [9.17, 15) is 4.79 Å². The summed E-state index contributed by atoms with van der Waals surface area (Å²) in [6.45, 7) is 5.52. The number of hydrogen-bond donors (Lipinski definition) is 1. The molecule has 0 radical (unpaired) electrons. The summed E-state index contributed by atoms with van der Waals surface area (Å²) in [5.74, 6) is 0.917. The van der Waals surface area contributed by atoms with Gasteiger partial charge in [0.2, 0.25) is 5.95 Å². The predicted molar refractivity (Wildman–Crippen MR) is 98.1 cm³/mol. The van der Waals surface area contributed by atoms with E-state index in [1.54, 1.807) is 6.20 Å². The maximum Gasteiger partial charge on any atom is 0.222 e. The Bertz CT molecular complexity index is 716. The van der Waals surface area contributed by atoms with E-state index in [0.29, 0.717) is 24.5 Å². The van der Waals surface area contributed by atoms with Crippen molar-refractivity contribution in [2.45, 2.75) is 45.1 Å². The first-order valence-electron chi connectivity index (χ1n) is 8.93. The first-order chi connectivity index (χ1) is 12.1. The number of aromatic nitrogens is 2. The molecule has 0 saturated heterocycles. The minimum Gasteiger partial charge on any atom is -0.379 e. The van der Waals surface area contributed by atoms with Crippen molar-refractivity contribution >= 4 is 11.7 Å². The van der Waals surface area contributed by atoms with Crippen LogP contribution in [0.4, 0.5) is 5.95 Å². The highest BCUT2D eigenvalue weighted by molar-refractivity contribution is 5.98. The average Bonchev–Trinajstić information content (AvgIpc) is 2.61. The lowest BCUT2D eigenvalue weighted by Gasteiger charge is -2.23. The molecular weight excluding hydrogens is 314 g/mol. The van der Waals surface area contributed by atoms with Gasteiger partial charge in [-0.2, -0.15) is 0 Å². The number of anilines is 1. The Kier molecular flexibility index (Phi) is 5.76. The minimum atomic E-state index is 0.131. The second-order valence-corrected chi connectivity index (χ2v) is 6.69. The standard InChI is InChI=1S/C20H25N3O2/c1-14(2)25-10-6-9-21-20-22-13-17-18(23-20)11-16(12-19(17)24)15-7-4-3-5-8-15/h3-5,7-8,13-14,16H,6,9-12H2,1-2H3,(H,21,22,23)/t16-/m1/s1. The second-order valence-electron chi connectivity index (χ2n) is 6.69. The van der Waals surface area contributed by atoms with Crippen LogP contribution in [0.15, 0.2) is 36.5 Å². The summed E-state index contributed by atoms with van der Waals surface area (Å²) in [7, 11) is 0. The van der Waals surface area contributed by atoms with E-state index in [-0.39, 0.29) is 17.8 Å². The van der Waals surface area contributed by atoms with Gasteiger partial charge in [-0.1, -0.05) is 30.3 Å². The molecule has 2 aromatic rings. The fourth-order valence-electron chi connectivity index (χ4n) is 3.08. The van der Waals surface area contributed by atoms with Crippen molar-refractivity contribution in [3.8, 4) is 0 Å². The van der Waals surface area contributed by atoms with Crippen LogP contribution in [0.5, 0.6) is 0 Å². The number of benzene rings is 1. The second kappa shape index (κ2) is 8.21. The molecule has 1 heterocycles. The molecule has 0 bridgehead atoms. The maximum atomic E-state index is 12.4. The number of rotatable bonds is 7. The van der Waals surface area contributed by atoms with Crippen LogP contribution in [-0.2, 0) is 11.2 Å². The third-order valence-electron chi connectivity index (χ3n) is 4.37. The molecule has 0 saturated carbocycles. The van der Waals surface area contributed by atoms with Crippen molar-refractivity contribution in [2.75, 3.05) is 18.5 Å². The van der Waals surface area contributed by atoms with Crippen molar-refractivity contribution < 1.29 is 9.53 Å². The van der Waals surface area contributed by atoms with Gasteiger partial charge in [0.15, 0.2) is 5.78 Å². The maximum absolute atomic E-state index is 12.4. The van der Waals surface area contributed by atoms with Crippen LogP contribution >= 0.6 is 0 Å². The third-order valence-corrected chi connectivity index (χ3v) is 4.37. The number of ketones is 1.